The quantitative estimate of drug-likeness (QED) is 0.270. The first kappa shape index (κ1) is 21.7. The Hall–Kier alpha value is -1.35. The van der Waals surface area contributed by atoms with Crippen molar-refractivity contribution in [3.63, 3.8) is 0 Å². The summed E-state index contributed by atoms with van der Waals surface area (Å²) in [5.41, 5.74) is 2.33. The van der Waals surface area contributed by atoms with Gasteiger partial charge >= 0.3 is 0 Å². The Morgan fingerprint density at radius 1 is 1.32 bits per heavy atom. The first-order chi connectivity index (χ1) is 11.8. The van der Waals surface area contributed by atoms with Gasteiger partial charge in [0.1, 0.15) is 0 Å². The van der Waals surface area contributed by atoms with Crippen molar-refractivity contribution in [1.82, 2.24) is 10.6 Å². The van der Waals surface area contributed by atoms with Gasteiger partial charge in [0.25, 0.3) is 0 Å². The number of aliphatic imine (C=N–C) groups is 1. The Balaban J connectivity index is 0.00000312. The van der Waals surface area contributed by atoms with E-state index in [0.29, 0.717) is 26.1 Å². The average molecular weight is 460 g/mol. The molecule has 7 heteroatoms. The molecule has 1 aliphatic heterocycles. The highest BCUT2D eigenvalue weighted by Gasteiger charge is 2.23. The van der Waals surface area contributed by atoms with E-state index in [1.807, 2.05) is 30.0 Å². The Kier molecular flexibility index (Phi) is 10.5. The molecule has 0 saturated heterocycles. The van der Waals surface area contributed by atoms with E-state index in [4.69, 9.17) is 4.74 Å². The van der Waals surface area contributed by atoms with Crippen LogP contribution in [0.25, 0.3) is 0 Å². The number of rotatable bonds is 8. The molecule has 1 amide bonds. The van der Waals surface area contributed by atoms with Crippen molar-refractivity contribution in [2.45, 2.75) is 26.2 Å². The van der Waals surface area contributed by atoms with Gasteiger partial charge in [0, 0.05) is 45.4 Å². The number of fused-ring (bicyclic) bond motifs is 1. The van der Waals surface area contributed by atoms with Crippen molar-refractivity contribution < 1.29 is 9.53 Å². The summed E-state index contributed by atoms with van der Waals surface area (Å²) < 4.78 is 5.02. The zero-order valence-corrected chi connectivity index (χ0v) is 17.4. The molecular weight excluding hydrogens is 431 g/mol. The third-order valence-electron chi connectivity index (χ3n) is 3.95. The Labute approximate surface area is 167 Å². The molecule has 1 aliphatic rings. The van der Waals surface area contributed by atoms with Gasteiger partial charge in [-0.2, -0.15) is 0 Å². The minimum atomic E-state index is 0. The zero-order valence-electron chi connectivity index (χ0n) is 15.1. The van der Waals surface area contributed by atoms with Crippen LogP contribution in [0.4, 0.5) is 5.69 Å². The zero-order chi connectivity index (χ0) is 17.2. The van der Waals surface area contributed by atoms with Gasteiger partial charge < -0.3 is 20.3 Å². The van der Waals surface area contributed by atoms with Gasteiger partial charge in [0.2, 0.25) is 5.91 Å². The Bertz CT molecular complexity index is 566. The molecule has 2 rings (SSSR count). The summed E-state index contributed by atoms with van der Waals surface area (Å²) in [6.45, 7) is 5.61. The highest BCUT2D eigenvalue weighted by Crippen LogP contribution is 2.27. The number of anilines is 1. The lowest BCUT2D eigenvalue weighted by atomic mass is 10.2. The minimum absolute atomic E-state index is 0. The van der Waals surface area contributed by atoms with Gasteiger partial charge in [0.15, 0.2) is 5.96 Å². The van der Waals surface area contributed by atoms with Gasteiger partial charge in [0.05, 0.1) is 6.61 Å². The number of hydrogen-bond acceptors (Lipinski definition) is 3. The number of methoxy groups -OCH3 is 1. The van der Waals surface area contributed by atoms with Crippen LogP contribution in [0, 0.1) is 0 Å². The summed E-state index contributed by atoms with van der Waals surface area (Å²) in [6, 6.07) is 8.14. The molecule has 0 unspecified atom stereocenters. The van der Waals surface area contributed by atoms with E-state index >= 15 is 0 Å². The van der Waals surface area contributed by atoms with Crippen molar-refractivity contribution in [3.8, 4) is 0 Å². The lowest BCUT2D eigenvalue weighted by Crippen LogP contribution is -2.39. The van der Waals surface area contributed by atoms with Gasteiger partial charge in [-0.25, -0.2) is 0 Å². The molecule has 0 atom stereocenters. The van der Waals surface area contributed by atoms with Crippen LogP contribution in [0.2, 0.25) is 0 Å². The van der Waals surface area contributed by atoms with Crippen LogP contribution >= 0.6 is 24.0 Å². The summed E-state index contributed by atoms with van der Waals surface area (Å²) in [4.78, 5) is 18.8. The van der Waals surface area contributed by atoms with Crippen LogP contribution < -0.4 is 15.5 Å². The van der Waals surface area contributed by atoms with Crippen LogP contribution in [0.5, 0.6) is 0 Å². The molecule has 0 aromatic heterocycles. The molecule has 0 fully saturated rings. The number of hydrogen-bond donors (Lipinski definition) is 2. The third-order valence-corrected chi connectivity index (χ3v) is 3.95. The second kappa shape index (κ2) is 12.1. The van der Waals surface area contributed by atoms with Gasteiger partial charge in [-0.05, 0) is 31.4 Å². The van der Waals surface area contributed by atoms with Crippen molar-refractivity contribution in [2.24, 2.45) is 4.99 Å². The predicted octanol–water partition coefficient (Wildman–Crippen LogP) is 2.18. The highest BCUT2D eigenvalue weighted by atomic mass is 127. The van der Waals surface area contributed by atoms with Crippen molar-refractivity contribution in [1.29, 1.82) is 0 Å². The van der Waals surface area contributed by atoms with Crippen LogP contribution in [0.1, 0.15) is 25.3 Å². The topological polar surface area (TPSA) is 66.0 Å². The second-order valence-electron chi connectivity index (χ2n) is 5.71. The van der Waals surface area contributed by atoms with E-state index < -0.39 is 0 Å². The fourth-order valence-corrected chi connectivity index (χ4v) is 2.77. The minimum Gasteiger partial charge on any atom is -0.383 e. The first-order valence-corrected chi connectivity index (χ1v) is 8.65. The molecule has 0 radical (unpaired) electrons. The fourth-order valence-electron chi connectivity index (χ4n) is 2.77. The molecular formula is C18H29IN4O2. The van der Waals surface area contributed by atoms with Gasteiger partial charge in [-0.1, -0.05) is 18.2 Å². The summed E-state index contributed by atoms with van der Waals surface area (Å²) in [5.74, 6) is 0.959. The molecule has 0 bridgehead atoms. The maximum absolute atomic E-state index is 12.4. The number of carbonyl (C=O) groups excluding carboxylic acids is 1. The summed E-state index contributed by atoms with van der Waals surface area (Å²) >= 11 is 0. The molecule has 1 aromatic rings. The lowest BCUT2D eigenvalue weighted by Gasteiger charge is -2.17. The largest absolute Gasteiger partial charge is 0.383 e. The number of nitrogens with one attached hydrogen (secondary N) is 2. The molecule has 0 spiro atoms. The van der Waals surface area contributed by atoms with Crippen molar-refractivity contribution in [3.05, 3.63) is 29.8 Å². The van der Waals surface area contributed by atoms with Crippen LogP contribution in [0.3, 0.4) is 0 Å². The third kappa shape index (κ3) is 6.81. The second-order valence-corrected chi connectivity index (χ2v) is 5.71. The number of benzene rings is 1. The SMILES string of the molecule is CCNC(=NCCCC(=O)N1CCc2ccccc21)NCCOC.I. The monoisotopic (exact) mass is 460 g/mol. The average Bonchev–Trinajstić information content (AvgIpc) is 3.03. The molecule has 0 aliphatic carbocycles. The Morgan fingerprint density at radius 3 is 2.88 bits per heavy atom. The Morgan fingerprint density at radius 2 is 2.12 bits per heavy atom. The summed E-state index contributed by atoms with van der Waals surface area (Å²) in [7, 11) is 1.67. The van der Waals surface area contributed by atoms with Crippen LogP contribution in [0.15, 0.2) is 29.3 Å². The van der Waals surface area contributed by atoms with Gasteiger partial charge in [-0.3, -0.25) is 9.79 Å². The van der Waals surface area contributed by atoms with E-state index in [2.05, 4.69) is 21.7 Å². The number of ether oxygens (including phenoxy) is 1. The van der Waals surface area contributed by atoms with E-state index in [9.17, 15) is 4.79 Å². The highest BCUT2D eigenvalue weighted by molar-refractivity contribution is 14.0. The van der Waals surface area contributed by atoms with E-state index in [1.165, 1.54) is 5.56 Å². The van der Waals surface area contributed by atoms with E-state index in [1.54, 1.807) is 7.11 Å². The number of amides is 1. The maximum Gasteiger partial charge on any atom is 0.227 e. The van der Waals surface area contributed by atoms with Crippen LogP contribution in [-0.2, 0) is 16.0 Å². The molecule has 6 nitrogen and oxygen atoms in total. The number of carbonyl (C=O) groups is 1. The smallest absolute Gasteiger partial charge is 0.227 e. The number of nitrogens with zero attached hydrogens (tertiary/aromatic N) is 2. The lowest BCUT2D eigenvalue weighted by molar-refractivity contribution is -0.118. The van der Waals surface area contributed by atoms with Crippen LogP contribution in [-0.4, -0.2) is 51.8 Å². The first-order valence-electron chi connectivity index (χ1n) is 8.65. The maximum atomic E-state index is 12.4. The molecule has 1 aromatic carbocycles. The van der Waals surface area contributed by atoms with Crippen molar-refractivity contribution in [2.75, 3.05) is 44.8 Å². The number of guanidine groups is 1. The van der Waals surface area contributed by atoms with Gasteiger partial charge in [-0.15, -0.1) is 24.0 Å². The summed E-state index contributed by atoms with van der Waals surface area (Å²) in [5, 5.41) is 6.38. The molecule has 2 N–H and O–H groups in total. The van der Waals surface area contributed by atoms with E-state index in [-0.39, 0.29) is 29.9 Å². The molecule has 25 heavy (non-hydrogen) atoms. The standard InChI is InChI=1S/C18H28N4O2.HI/c1-3-19-18(21-12-14-24-2)20-11-6-9-17(23)22-13-10-15-7-4-5-8-16(15)22;/h4-5,7-8H,3,6,9-14H2,1-2H3,(H2,19,20,21);1H. The normalized spacial score (nSPS) is 13.2. The number of halogens is 1. The predicted molar refractivity (Wildman–Crippen MR) is 113 cm³/mol. The molecule has 140 valence electrons. The number of para-hydroxylation sites is 1. The van der Waals surface area contributed by atoms with E-state index in [0.717, 1.165) is 37.6 Å². The molecule has 0 saturated carbocycles. The fraction of sp³-hybridized carbons (Fsp3) is 0.556. The van der Waals surface area contributed by atoms with Crippen molar-refractivity contribution >= 4 is 41.5 Å². The summed E-state index contributed by atoms with van der Waals surface area (Å²) in [6.07, 6.45) is 2.22. The molecule has 1 heterocycles.